The third-order valence-electron chi connectivity index (χ3n) is 3.22. The van der Waals surface area contributed by atoms with Crippen LogP contribution in [0.1, 0.15) is 34.5 Å². The van der Waals surface area contributed by atoms with E-state index in [1.54, 1.807) is 12.1 Å². The lowest BCUT2D eigenvalue weighted by atomic mass is 9.94. The molecule has 1 nitrogen and oxygen atoms in total. The van der Waals surface area contributed by atoms with Crippen molar-refractivity contribution in [2.24, 2.45) is 0 Å². The van der Waals surface area contributed by atoms with E-state index in [0.717, 1.165) is 20.3 Å². The van der Waals surface area contributed by atoms with Crippen molar-refractivity contribution in [3.63, 3.8) is 0 Å². The van der Waals surface area contributed by atoms with E-state index >= 15 is 0 Å². The number of hydrogen-bond acceptors (Lipinski definition) is 2. The van der Waals surface area contributed by atoms with Crippen LogP contribution in [0.3, 0.4) is 0 Å². The molecule has 0 spiro atoms. The van der Waals surface area contributed by atoms with Crippen LogP contribution < -0.4 is 5.32 Å². The van der Waals surface area contributed by atoms with Gasteiger partial charge < -0.3 is 5.32 Å². The first-order valence-electron chi connectivity index (χ1n) is 6.50. The van der Waals surface area contributed by atoms with Crippen LogP contribution in [0.5, 0.6) is 0 Å². The summed E-state index contributed by atoms with van der Waals surface area (Å²) in [4.78, 5) is 1.00. The monoisotopic (exact) mass is 377 g/mol. The van der Waals surface area contributed by atoms with Gasteiger partial charge in [0.05, 0.1) is 15.4 Å². The van der Waals surface area contributed by atoms with Gasteiger partial charge in [-0.25, -0.2) is 0 Å². The van der Waals surface area contributed by atoms with Crippen molar-refractivity contribution in [3.8, 4) is 0 Å². The Morgan fingerprint density at radius 3 is 2.43 bits per heavy atom. The van der Waals surface area contributed by atoms with E-state index in [9.17, 15) is 13.2 Å². The second kappa shape index (κ2) is 6.50. The Kier molecular flexibility index (Phi) is 5.11. The predicted molar refractivity (Wildman–Crippen MR) is 83.7 cm³/mol. The van der Waals surface area contributed by atoms with Crippen molar-refractivity contribution in [3.05, 3.63) is 55.7 Å². The summed E-state index contributed by atoms with van der Waals surface area (Å²) in [5.41, 5.74) is 0.559. The van der Waals surface area contributed by atoms with E-state index in [1.165, 1.54) is 17.4 Å². The molecule has 0 amide bonds. The Hall–Kier alpha value is -0.850. The molecule has 0 aliphatic carbocycles. The van der Waals surface area contributed by atoms with Crippen molar-refractivity contribution in [1.82, 2.24) is 5.32 Å². The van der Waals surface area contributed by atoms with Gasteiger partial charge in [0.15, 0.2) is 0 Å². The second-order valence-corrected chi connectivity index (χ2v) is 7.27. The zero-order valence-electron chi connectivity index (χ0n) is 11.6. The van der Waals surface area contributed by atoms with Gasteiger partial charge in [-0.15, -0.1) is 11.3 Å². The first-order chi connectivity index (χ1) is 9.84. The second-order valence-electron chi connectivity index (χ2n) is 4.64. The molecule has 6 heteroatoms. The minimum atomic E-state index is -4.36. The van der Waals surface area contributed by atoms with Gasteiger partial charge in [0, 0.05) is 4.88 Å². The molecule has 0 aliphatic heterocycles. The number of halogens is 4. The number of rotatable bonds is 4. The summed E-state index contributed by atoms with van der Waals surface area (Å²) in [6, 6.07) is 7.17. The standard InChI is InChI=1S/C15H15BrF3NS/c1-3-20-14(11-8-13(16)21-9(11)2)10-6-4-5-7-12(10)15(17,18)19/h4-8,14,20H,3H2,1-2H3. The SMILES string of the molecule is CCNC(c1ccccc1C(F)(F)F)c1cc(Br)sc1C. The maximum Gasteiger partial charge on any atom is 0.416 e. The van der Waals surface area contributed by atoms with E-state index in [0.29, 0.717) is 6.54 Å². The third-order valence-corrected chi connectivity index (χ3v) is 4.79. The van der Waals surface area contributed by atoms with E-state index in [2.05, 4.69) is 21.2 Å². The number of hydrogen-bond donors (Lipinski definition) is 1. The van der Waals surface area contributed by atoms with Crippen LogP contribution in [-0.4, -0.2) is 6.54 Å². The van der Waals surface area contributed by atoms with Crippen LogP contribution in [0.2, 0.25) is 0 Å². The van der Waals surface area contributed by atoms with Gasteiger partial charge in [-0.2, -0.15) is 13.2 Å². The van der Waals surface area contributed by atoms with E-state index in [-0.39, 0.29) is 5.56 Å². The average Bonchev–Trinajstić information content (AvgIpc) is 2.74. The number of thiophene rings is 1. The lowest BCUT2D eigenvalue weighted by molar-refractivity contribution is -0.138. The summed E-state index contributed by atoms with van der Waals surface area (Å²) in [6.07, 6.45) is -4.36. The lowest BCUT2D eigenvalue weighted by Crippen LogP contribution is -2.25. The molecule has 114 valence electrons. The molecule has 0 saturated heterocycles. The molecule has 1 N–H and O–H groups in total. The Balaban J connectivity index is 2.56. The molecule has 21 heavy (non-hydrogen) atoms. The van der Waals surface area contributed by atoms with Crippen molar-refractivity contribution in [1.29, 1.82) is 0 Å². The maximum atomic E-state index is 13.2. The zero-order chi connectivity index (χ0) is 15.6. The highest BCUT2D eigenvalue weighted by Gasteiger charge is 2.35. The Morgan fingerprint density at radius 2 is 1.90 bits per heavy atom. The summed E-state index contributed by atoms with van der Waals surface area (Å²) in [6.45, 7) is 4.40. The summed E-state index contributed by atoms with van der Waals surface area (Å²) in [5.74, 6) is 0. The molecule has 1 aromatic carbocycles. The largest absolute Gasteiger partial charge is 0.416 e. The normalized spacial score (nSPS) is 13.4. The zero-order valence-corrected chi connectivity index (χ0v) is 14.0. The highest BCUT2D eigenvalue weighted by atomic mass is 79.9. The van der Waals surface area contributed by atoms with Gasteiger partial charge in [0.1, 0.15) is 0 Å². The van der Waals surface area contributed by atoms with Crippen molar-refractivity contribution in [2.45, 2.75) is 26.1 Å². The maximum absolute atomic E-state index is 13.2. The first-order valence-corrected chi connectivity index (χ1v) is 8.11. The van der Waals surface area contributed by atoms with Crippen molar-refractivity contribution in [2.75, 3.05) is 6.54 Å². The van der Waals surface area contributed by atoms with Gasteiger partial charge in [-0.3, -0.25) is 0 Å². The van der Waals surface area contributed by atoms with Gasteiger partial charge in [0.25, 0.3) is 0 Å². The van der Waals surface area contributed by atoms with E-state index < -0.39 is 17.8 Å². The minimum absolute atomic E-state index is 0.264. The van der Waals surface area contributed by atoms with Gasteiger partial charge in [0.2, 0.25) is 0 Å². The van der Waals surface area contributed by atoms with Crippen LogP contribution >= 0.6 is 27.3 Å². The quantitative estimate of drug-likeness (QED) is 0.737. The molecule has 1 aromatic heterocycles. The Morgan fingerprint density at radius 1 is 1.24 bits per heavy atom. The number of alkyl halides is 3. The Labute approximate surface area is 134 Å². The molecule has 1 heterocycles. The molecule has 0 fully saturated rings. The van der Waals surface area contributed by atoms with E-state index in [4.69, 9.17) is 0 Å². The summed E-state index contributed by atoms with van der Waals surface area (Å²) in [5, 5.41) is 3.17. The molecule has 0 aliphatic rings. The van der Waals surface area contributed by atoms with Gasteiger partial charge in [-0.05, 0) is 52.7 Å². The fourth-order valence-corrected chi connectivity index (χ4v) is 4.09. The summed E-state index contributed by atoms with van der Waals surface area (Å²) in [7, 11) is 0. The van der Waals surface area contributed by atoms with E-state index in [1.807, 2.05) is 19.9 Å². The third kappa shape index (κ3) is 3.67. The summed E-state index contributed by atoms with van der Waals surface area (Å²) < 4.78 is 40.6. The van der Waals surface area contributed by atoms with Crippen molar-refractivity contribution >= 4 is 27.3 Å². The molecule has 2 aromatic rings. The van der Waals surface area contributed by atoms with Crippen LogP contribution in [0, 0.1) is 6.92 Å². The highest BCUT2D eigenvalue weighted by molar-refractivity contribution is 9.11. The number of benzene rings is 1. The van der Waals surface area contributed by atoms with Crippen LogP contribution in [0.15, 0.2) is 34.1 Å². The number of aryl methyl sites for hydroxylation is 1. The first kappa shape index (κ1) is 16.5. The Bertz CT molecular complexity index is 622. The van der Waals surface area contributed by atoms with Crippen LogP contribution in [0.4, 0.5) is 13.2 Å². The molecule has 1 atom stereocenters. The molecule has 0 radical (unpaired) electrons. The predicted octanol–water partition coefficient (Wildman–Crippen LogP) is 5.54. The van der Waals surface area contributed by atoms with Crippen LogP contribution in [0.25, 0.3) is 0 Å². The molecule has 0 bridgehead atoms. The molecule has 2 rings (SSSR count). The fraction of sp³-hybridized carbons (Fsp3) is 0.333. The topological polar surface area (TPSA) is 12.0 Å². The highest BCUT2D eigenvalue weighted by Crippen LogP contribution is 2.39. The smallest absolute Gasteiger partial charge is 0.306 e. The van der Waals surface area contributed by atoms with Crippen molar-refractivity contribution < 1.29 is 13.2 Å². The molecule has 1 unspecified atom stereocenters. The molecular weight excluding hydrogens is 363 g/mol. The molecule has 0 saturated carbocycles. The minimum Gasteiger partial charge on any atom is -0.306 e. The fourth-order valence-electron chi connectivity index (χ4n) is 2.34. The van der Waals surface area contributed by atoms with Gasteiger partial charge >= 0.3 is 6.18 Å². The van der Waals surface area contributed by atoms with Crippen LogP contribution in [-0.2, 0) is 6.18 Å². The molecular formula is C15H15BrF3NS. The number of nitrogens with one attached hydrogen (secondary N) is 1. The lowest BCUT2D eigenvalue weighted by Gasteiger charge is -2.22. The summed E-state index contributed by atoms with van der Waals surface area (Å²) >= 11 is 4.93. The average molecular weight is 378 g/mol. The van der Waals surface area contributed by atoms with Gasteiger partial charge in [-0.1, -0.05) is 25.1 Å².